The van der Waals surface area contributed by atoms with Crippen LogP contribution in [0.1, 0.15) is 6.23 Å². The normalized spacial score (nSPS) is 19.5. The minimum Gasteiger partial charge on any atom is -0.790 e. The van der Waals surface area contributed by atoms with Gasteiger partial charge in [0.1, 0.15) is 24.1 Å². The van der Waals surface area contributed by atoms with Crippen molar-refractivity contribution >= 4 is 168 Å². The molecule has 2 heterocycles. The van der Waals surface area contributed by atoms with Gasteiger partial charge in [-0.25, -0.2) is 4.79 Å². The van der Waals surface area contributed by atoms with Crippen LogP contribution in [0.15, 0.2) is 17.1 Å². The predicted molar refractivity (Wildman–Crippen MR) is 135 cm³/mol. The number of hydrogen-bond donors (Lipinski definition) is 4. The third kappa shape index (κ3) is 29.5. The number of aliphatic hydroxyl groups excluding tert-OH is 3. The van der Waals surface area contributed by atoms with Crippen LogP contribution in [0, 0.1) is 0 Å². The van der Waals surface area contributed by atoms with E-state index in [4.69, 9.17) is 15.6 Å². The summed E-state index contributed by atoms with van der Waals surface area (Å²) in [6.07, 6.45) is -3.27. The van der Waals surface area contributed by atoms with E-state index in [9.17, 15) is 91.3 Å². The van der Waals surface area contributed by atoms with Gasteiger partial charge in [-0.15, -0.1) is 0 Å². The molecule has 1 aromatic heterocycles. The third-order valence-electron chi connectivity index (χ3n) is 3.44. The Morgan fingerprint density at radius 2 is 1.02 bits per heavy atom. The van der Waals surface area contributed by atoms with Crippen LogP contribution in [-0.2, 0) is 49.4 Å². The van der Waals surface area contributed by atoms with Gasteiger partial charge in [-0.2, -0.15) is 4.98 Å². The Balaban J connectivity index is -0.000000133. The van der Waals surface area contributed by atoms with Crippen LogP contribution >= 0.6 is 46.9 Å². The maximum Gasteiger partial charge on any atom is 2.00 e. The predicted octanol–water partition coefficient (Wildman–Crippen LogP) is -12.2. The van der Waals surface area contributed by atoms with E-state index >= 15 is 0 Å². The molecule has 5 N–H and O–H groups in total. The number of aliphatic hydroxyl groups is 3. The first-order valence-electron chi connectivity index (χ1n) is 9.40. The molecular weight excluding hydrogens is 857 g/mol. The summed E-state index contributed by atoms with van der Waals surface area (Å²) in [6, 6.07) is 1.37. The zero-order chi connectivity index (χ0) is 34.4. The molecule has 39 heteroatoms. The van der Waals surface area contributed by atoms with Gasteiger partial charge < -0.3 is 93.0 Å². The number of phosphoric acid groups is 6. The number of anilines is 1. The van der Waals surface area contributed by atoms with Gasteiger partial charge in [0.25, 0.3) is 15.6 Å². The number of nitrogens with two attached hydrogens (primary N) is 1. The van der Waals surface area contributed by atoms with E-state index in [1.165, 1.54) is 12.3 Å². The Bertz CT molecular complexity index is 1320. The number of hydrogen-bond acceptors (Lipinski definition) is 27. The minimum atomic E-state index is -5.97. The third-order valence-corrected chi connectivity index (χ3v) is 9.84. The second-order valence-electron chi connectivity index (χ2n) is 6.78. The average Bonchev–Trinajstić information content (AvgIpc) is 2.95. The van der Waals surface area contributed by atoms with Gasteiger partial charge in [0.15, 0.2) is 6.23 Å². The first-order chi connectivity index (χ1) is 18.9. The van der Waals surface area contributed by atoms with Crippen LogP contribution in [0.5, 0.6) is 0 Å². The number of aromatic nitrogens is 2. The molecule has 0 aromatic carbocycles. The van der Waals surface area contributed by atoms with Crippen LogP contribution in [0.2, 0.25) is 0 Å². The Labute approximate surface area is 347 Å². The van der Waals surface area contributed by atoms with Crippen molar-refractivity contribution in [3.8, 4) is 0 Å². The summed E-state index contributed by atoms with van der Waals surface area (Å²) < 4.78 is 75.5. The molecule has 0 aliphatic carbocycles. The average molecular weight is 871 g/mol. The first kappa shape index (κ1) is 63.1. The molecule has 1 aromatic rings. The first-order valence-corrected chi connectivity index (χ1v) is 18.2. The number of rotatable bonds is 10. The van der Waals surface area contributed by atoms with Crippen LogP contribution in [0.3, 0.4) is 0 Å². The van der Waals surface area contributed by atoms with Crippen LogP contribution in [-0.4, -0.2) is 165 Å². The van der Waals surface area contributed by atoms with Gasteiger partial charge in [-0.3, -0.25) is 30.9 Å². The van der Waals surface area contributed by atoms with E-state index in [1.54, 1.807) is 0 Å². The van der Waals surface area contributed by atoms with E-state index in [0.717, 1.165) is 4.57 Å². The Kier molecular flexibility index (Phi) is 33.3. The Hall–Kier alpha value is 3.17. The zero-order valence-electron chi connectivity index (χ0n) is 23.2. The molecule has 48 heavy (non-hydrogen) atoms. The van der Waals surface area contributed by atoms with Crippen molar-refractivity contribution in [1.29, 1.82) is 0 Å². The van der Waals surface area contributed by atoms with Gasteiger partial charge >= 0.3 is 121 Å². The van der Waals surface area contributed by atoms with Crippen molar-refractivity contribution in [2.75, 3.05) is 12.3 Å². The molecule has 0 spiro atoms. The zero-order valence-corrected chi connectivity index (χ0v) is 35.6. The van der Waals surface area contributed by atoms with Gasteiger partial charge in [-0.1, -0.05) is 0 Å². The molecular formula is C9H13Mg5N3O25P6. The fraction of sp³-hybridized carbons (Fsp3) is 0.556. The van der Waals surface area contributed by atoms with Crippen molar-refractivity contribution in [2.45, 2.75) is 24.5 Å². The maximum absolute atomic E-state index is 11.5. The molecule has 2 rings (SSSR count). The van der Waals surface area contributed by atoms with Crippen LogP contribution in [0.4, 0.5) is 5.82 Å². The van der Waals surface area contributed by atoms with Crippen molar-refractivity contribution in [3.63, 3.8) is 0 Å². The summed E-state index contributed by atoms with van der Waals surface area (Å²) in [6.45, 7) is -0.453. The molecule has 28 nitrogen and oxygen atoms in total. The minimum absolute atomic E-state index is 0. The van der Waals surface area contributed by atoms with E-state index < -0.39 is 83.8 Å². The molecule has 1 fully saturated rings. The monoisotopic (exact) mass is 869 g/mol. The molecule has 0 saturated carbocycles. The van der Waals surface area contributed by atoms with Gasteiger partial charge in [0.05, 0.1) is 37.9 Å². The molecule has 1 aliphatic heterocycles. The van der Waals surface area contributed by atoms with Crippen LogP contribution in [0.25, 0.3) is 0 Å². The van der Waals surface area contributed by atoms with Gasteiger partial charge in [-0.05, 0) is 6.07 Å². The molecule has 0 unspecified atom stereocenters. The Morgan fingerprint density at radius 1 is 0.708 bits per heavy atom. The van der Waals surface area contributed by atoms with E-state index in [2.05, 4.69) is 22.2 Å². The van der Waals surface area contributed by atoms with Crippen molar-refractivity contribution in [3.05, 3.63) is 22.7 Å². The summed E-state index contributed by atoms with van der Waals surface area (Å²) in [5.41, 5.74) is 4.63. The largest absolute Gasteiger partial charge is 2.00 e. The fourth-order valence-corrected chi connectivity index (χ4v) is 6.94. The molecule has 1 saturated heterocycles. The second kappa shape index (κ2) is 25.4. The summed E-state index contributed by atoms with van der Waals surface area (Å²) in [5.74, 6) is 0.0537. The standard InChI is InChI=1S/C9H13N3O5.5Mg.2H5O10P3/c10-5-1-2-12(9(16)11-5)8-7(15)6(14)4(3-13)17-8;;;;;;2*1-11(2,3)9-13(7,8)10-12(4,5)6/h1-2,4,6-8,13-15H,3H2,(H2,10,11,16);;;;;;2*(H,7,8)(H2,1,2,3)(H2,4,5,6)/q;5*+2;;/p-10/t4-,6-,7-,8-;;;;;;;/m1......./s1. The van der Waals surface area contributed by atoms with Gasteiger partial charge in [0, 0.05) is 6.20 Å². The SMILES string of the molecule is Nc1ccn([C@@H]2O[C@H](CO)[C@@H](O)[C@H]2O)c(=O)n1.O=P([O-])([O-])OP(=O)([O-])OP(=O)([O-])[O-].O=P([O-])([O-])OP(=O)([O-])OP(=O)([O-])[O-].[Mg+2].[Mg+2].[Mg+2].[Mg+2].[Mg+2]. The second-order valence-corrected chi connectivity index (χ2v) is 14.8. The van der Waals surface area contributed by atoms with E-state index in [0.29, 0.717) is 0 Å². The maximum atomic E-state index is 11.5. The van der Waals surface area contributed by atoms with E-state index in [-0.39, 0.29) is 121 Å². The topological polar surface area (TPSA) is 501 Å². The number of nitrogens with zero attached hydrogens (tertiary/aromatic N) is 2. The summed E-state index contributed by atoms with van der Waals surface area (Å²) in [7, 11) is -35.8. The smallest absolute Gasteiger partial charge is 0.790 e. The molecule has 0 radical (unpaired) electrons. The van der Waals surface area contributed by atoms with Crippen molar-refractivity contribution in [2.24, 2.45) is 0 Å². The molecule has 0 bridgehead atoms. The number of nitrogen functional groups attached to an aromatic ring is 1. The quantitative estimate of drug-likeness (QED) is 0.125. The molecule has 0 amide bonds. The van der Waals surface area contributed by atoms with E-state index in [1.807, 2.05) is 0 Å². The summed E-state index contributed by atoms with van der Waals surface area (Å²) in [5, 5.41) is 28.2. The van der Waals surface area contributed by atoms with Gasteiger partial charge in [0.2, 0.25) is 0 Å². The summed E-state index contributed by atoms with van der Waals surface area (Å²) in [4.78, 5) is 112. The Morgan fingerprint density at radius 3 is 1.25 bits per heavy atom. The van der Waals surface area contributed by atoms with Crippen LogP contribution < -0.4 is 60.4 Å². The molecule has 254 valence electrons. The fourth-order valence-electron chi connectivity index (χ4n) is 2.25. The molecule has 4 atom stereocenters. The van der Waals surface area contributed by atoms with Crippen molar-refractivity contribution in [1.82, 2.24) is 9.55 Å². The number of ether oxygens (including phenoxy) is 1. The molecule has 1 aliphatic rings. The summed E-state index contributed by atoms with van der Waals surface area (Å²) >= 11 is 0. The van der Waals surface area contributed by atoms with Crippen molar-refractivity contribution < 1.29 is 114 Å².